The number of rotatable bonds is 4. The average Bonchev–Trinajstić information content (AvgIpc) is 2.50. The van der Waals surface area contributed by atoms with Crippen LogP contribution in [-0.4, -0.2) is 32.8 Å². The Labute approximate surface area is 72.3 Å². The van der Waals surface area contributed by atoms with Crippen molar-refractivity contribution in [3.05, 3.63) is 12.2 Å². The molecule has 0 unspecified atom stereocenters. The van der Waals surface area contributed by atoms with E-state index < -0.39 is 5.79 Å². The number of methoxy groups -OCH3 is 2. The Balaban J connectivity index is 2.55. The third-order valence-electron chi connectivity index (χ3n) is 1.89. The van der Waals surface area contributed by atoms with Crippen LogP contribution in [0.5, 0.6) is 0 Å². The molecular formula is C8H15NO3. The van der Waals surface area contributed by atoms with Crippen LogP contribution in [0.4, 0.5) is 0 Å². The van der Waals surface area contributed by atoms with E-state index in [2.05, 4.69) is 0 Å². The molecule has 0 bridgehead atoms. The second kappa shape index (κ2) is 4.00. The molecule has 4 nitrogen and oxygen atoms in total. The van der Waals surface area contributed by atoms with E-state index in [1.54, 1.807) is 14.2 Å². The van der Waals surface area contributed by atoms with Crippen molar-refractivity contribution in [3.8, 4) is 0 Å². The molecule has 1 aliphatic heterocycles. The van der Waals surface area contributed by atoms with E-state index in [1.165, 1.54) is 0 Å². The number of nitrogens with two attached hydrogens (primary N) is 1. The lowest BCUT2D eigenvalue weighted by molar-refractivity contribution is -0.243. The minimum atomic E-state index is -0.671. The van der Waals surface area contributed by atoms with E-state index in [4.69, 9.17) is 19.9 Å². The van der Waals surface area contributed by atoms with Gasteiger partial charge in [-0.3, -0.25) is 0 Å². The zero-order valence-corrected chi connectivity index (χ0v) is 7.45. The zero-order chi connectivity index (χ0) is 9.03. The molecule has 1 heterocycles. The SMILES string of the molecule is CO[C@H]1C=C[C@@](CCN)(OC)O1. The first kappa shape index (κ1) is 9.67. The van der Waals surface area contributed by atoms with Gasteiger partial charge in [-0.2, -0.15) is 0 Å². The van der Waals surface area contributed by atoms with Gasteiger partial charge >= 0.3 is 0 Å². The Morgan fingerprint density at radius 3 is 2.75 bits per heavy atom. The van der Waals surface area contributed by atoms with Crippen molar-refractivity contribution in [1.29, 1.82) is 0 Å². The number of hydrogen-bond acceptors (Lipinski definition) is 4. The Bertz CT molecular complexity index is 172. The van der Waals surface area contributed by atoms with Gasteiger partial charge in [0.2, 0.25) is 0 Å². The Kier molecular flexibility index (Phi) is 3.22. The normalized spacial score (nSPS) is 34.4. The zero-order valence-electron chi connectivity index (χ0n) is 7.45. The van der Waals surface area contributed by atoms with Crippen LogP contribution in [-0.2, 0) is 14.2 Å². The highest BCUT2D eigenvalue weighted by Crippen LogP contribution is 2.27. The highest BCUT2D eigenvalue weighted by molar-refractivity contribution is 5.04. The van der Waals surface area contributed by atoms with Crippen molar-refractivity contribution in [3.63, 3.8) is 0 Å². The minimum Gasteiger partial charge on any atom is -0.352 e. The van der Waals surface area contributed by atoms with Crippen molar-refractivity contribution in [2.24, 2.45) is 5.73 Å². The lowest BCUT2D eigenvalue weighted by atomic mass is 10.2. The van der Waals surface area contributed by atoms with E-state index >= 15 is 0 Å². The summed E-state index contributed by atoms with van der Waals surface area (Å²) in [5.41, 5.74) is 5.42. The molecule has 0 saturated carbocycles. The van der Waals surface area contributed by atoms with Crippen molar-refractivity contribution >= 4 is 0 Å². The molecule has 0 radical (unpaired) electrons. The molecule has 0 aliphatic carbocycles. The first-order valence-corrected chi connectivity index (χ1v) is 3.91. The fraction of sp³-hybridized carbons (Fsp3) is 0.750. The minimum absolute atomic E-state index is 0.309. The largest absolute Gasteiger partial charge is 0.352 e. The van der Waals surface area contributed by atoms with Gasteiger partial charge in [-0.15, -0.1) is 0 Å². The molecule has 1 rings (SSSR count). The fourth-order valence-corrected chi connectivity index (χ4v) is 1.19. The van der Waals surface area contributed by atoms with E-state index in [0.29, 0.717) is 13.0 Å². The molecule has 4 heteroatoms. The summed E-state index contributed by atoms with van der Waals surface area (Å²) in [6.45, 7) is 0.522. The van der Waals surface area contributed by atoms with Gasteiger partial charge in [0.15, 0.2) is 12.1 Å². The summed E-state index contributed by atoms with van der Waals surface area (Å²) in [5, 5.41) is 0. The van der Waals surface area contributed by atoms with Crippen LogP contribution < -0.4 is 5.73 Å². The average molecular weight is 173 g/mol. The van der Waals surface area contributed by atoms with Crippen molar-refractivity contribution in [2.45, 2.75) is 18.5 Å². The van der Waals surface area contributed by atoms with Crippen LogP contribution in [0.25, 0.3) is 0 Å². The Morgan fingerprint density at radius 2 is 2.33 bits per heavy atom. The second-order valence-electron chi connectivity index (χ2n) is 2.64. The molecule has 0 aromatic carbocycles. The lowest BCUT2D eigenvalue weighted by Crippen LogP contribution is -2.34. The topological polar surface area (TPSA) is 53.7 Å². The maximum atomic E-state index is 5.45. The molecule has 0 amide bonds. The smallest absolute Gasteiger partial charge is 0.192 e. The predicted octanol–water partition coefficient (Wildman–Crippen LogP) is 0.237. The van der Waals surface area contributed by atoms with Crippen LogP contribution in [0.3, 0.4) is 0 Å². The highest BCUT2D eigenvalue weighted by atomic mass is 16.8. The fourth-order valence-electron chi connectivity index (χ4n) is 1.19. The van der Waals surface area contributed by atoms with Gasteiger partial charge in [-0.25, -0.2) is 0 Å². The quantitative estimate of drug-likeness (QED) is 0.618. The molecule has 0 aromatic heterocycles. The van der Waals surface area contributed by atoms with E-state index in [-0.39, 0.29) is 6.29 Å². The molecule has 0 fully saturated rings. The molecule has 2 N–H and O–H groups in total. The molecule has 0 spiro atoms. The molecular weight excluding hydrogens is 158 g/mol. The summed E-state index contributed by atoms with van der Waals surface area (Å²) in [5.74, 6) is -0.671. The predicted molar refractivity (Wildman–Crippen MR) is 44.4 cm³/mol. The Morgan fingerprint density at radius 1 is 1.58 bits per heavy atom. The highest BCUT2D eigenvalue weighted by Gasteiger charge is 2.34. The van der Waals surface area contributed by atoms with Gasteiger partial charge in [0, 0.05) is 20.6 Å². The van der Waals surface area contributed by atoms with Gasteiger partial charge in [0.25, 0.3) is 0 Å². The van der Waals surface area contributed by atoms with Crippen molar-refractivity contribution in [2.75, 3.05) is 20.8 Å². The van der Waals surface area contributed by atoms with Crippen LogP contribution in [0.1, 0.15) is 6.42 Å². The standard InChI is InChI=1S/C8H15NO3/c1-10-7-3-4-8(11-2,12-7)5-6-9/h3-4,7H,5-6,9H2,1-2H3/t7-,8-/m1/s1. The third-order valence-corrected chi connectivity index (χ3v) is 1.89. The summed E-state index contributed by atoms with van der Waals surface area (Å²) in [4.78, 5) is 0. The van der Waals surface area contributed by atoms with E-state index in [1.807, 2.05) is 12.2 Å². The first-order chi connectivity index (χ1) is 5.76. The monoisotopic (exact) mass is 173 g/mol. The maximum Gasteiger partial charge on any atom is 0.192 e. The summed E-state index contributed by atoms with van der Waals surface area (Å²) >= 11 is 0. The van der Waals surface area contributed by atoms with Crippen LogP contribution in [0.2, 0.25) is 0 Å². The summed E-state index contributed by atoms with van der Waals surface area (Å²) in [6.07, 6.45) is 3.99. The van der Waals surface area contributed by atoms with Crippen molar-refractivity contribution in [1.82, 2.24) is 0 Å². The summed E-state index contributed by atoms with van der Waals surface area (Å²) in [6, 6.07) is 0. The van der Waals surface area contributed by atoms with E-state index in [9.17, 15) is 0 Å². The first-order valence-electron chi connectivity index (χ1n) is 3.91. The van der Waals surface area contributed by atoms with E-state index in [0.717, 1.165) is 0 Å². The molecule has 2 atom stereocenters. The Hall–Kier alpha value is -0.420. The summed E-state index contributed by atoms with van der Waals surface area (Å²) < 4.78 is 15.6. The molecule has 0 saturated heterocycles. The van der Waals surface area contributed by atoms with Crippen molar-refractivity contribution < 1.29 is 14.2 Å². The van der Waals surface area contributed by atoms with Crippen LogP contribution >= 0.6 is 0 Å². The third kappa shape index (κ3) is 1.84. The molecule has 0 aromatic rings. The van der Waals surface area contributed by atoms with Crippen LogP contribution in [0.15, 0.2) is 12.2 Å². The van der Waals surface area contributed by atoms with Crippen LogP contribution in [0, 0.1) is 0 Å². The number of hydrogen-bond donors (Lipinski definition) is 1. The van der Waals surface area contributed by atoms with Gasteiger partial charge in [0.1, 0.15) is 0 Å². The second-order valence-corrected chi connectivity index (χ2v) is 2.64. The van der Waals surface area contributed by atoms with Gasteiger partial charge in [0.05, 0.1) is 0 Å². The molecule has 70 valence electrons. The lowest BCUT2D eigenvalue weighted by Gasteiger charge is -2.26. The maximum absolute atomic E-state index is 5.45. The molecule has 12 heavy (non-hydrogen) atoms. The summed E-state index contributed by atoms with van der Waals surface area (Å²) in [7, 11) is 3.18. The number of ether oxygens (including phenoxy) is 3. The molecule has 1 aliphatic rings. The van der Waals surface area contributed by atoms with Gasteiger partial charge in [-0.1, -0.05) is 0 Å². The van der Waals surface area contributed by atoms with Gasteiger partial charge < -0.3 is 19.9 Å². The van der Waals surface area contributed by atoms with Gasteiger partial charge in [-0.05, 0) is 18.7 Å².